The smallest absolute Gasteiger partial charge is 0.357 e. The molecule has 2 heterocycles. The zero-order valence-corrected chi connectivity index (χ0v) is 10.6. The van der Waals surface area contributed by atoms with Crippen molar-refractivity contribution in [3.8, 4) is 10.6 Å². The van der Waals surface area contributed by atoms with E-state index in [0.717, 1.165) is 17.4 Å². The predicted octanol–water partition coefficient (Wildman–Crippen LogP) is 3.92. The molecular weight excluding hydrogens is 287 g/mol. The standard InChI is InChI=1S/C10H7ClF3N3S/c1-15-9-16-5(6-2-3-8(11)18-6)4-7(17-9)10(12,13)14/h2-4H,1H3,(H,15,16,17). The first-order chi connectivity index (χ1) is 8.40. The Hall–Kier alpha value is -1.34. The Kier molecular flexibility index (Phi) is 3.45. The monoisotopic (exact) mass is 293 g/mol. The molecule has 2 aromatic heterocycles. The second kappa shape index (κ2) is 4.74. The lowest BCUT2D eigenvalue weighted by Gasteiger charge is -2.09. The van der Waals surface area contributed by atoms with E-state index in [1.807, 2.05) is 0 Å². The van der Waals surface area contributed by atoms with Crippen LogP contribution in [0.4, 0.5) is 19.1 Å². The minimum atomic E-state index is -4.51. The van der Waals surface area contributed by atoms with Crippen LogP contribution in [0.25, 0.3) is 10.6 Å². The second-order valence-corrected chi connectivity index (χ2v) is 5.03. The van der Waals surface area contributed by atoms with Gasteiger partial charge in [0.25, 0.3) is 0 Å². The van der Waals surface area contributed by atoms with Crippen LogP contribution in [0, 0.1) is 0 Å². The number of hydrogen-bond acceptors (Lipinski definition) is 4. The van der Waals surface area contributed by atoms with E-state index in [1.54, 1.807) is 12.1 Å². The summed E-state index contributed by atoms with van der Waals surface area (Å²) in [6.45, 7) is 0. The van der Waals surface area contributed by atoms with E-state index in [2.05, 4.69) is 15.3 Å². The Morgan fingerprint density at radius 2 is 2.00 bits per heavy atom. The number of hydrogen-bond donors (Lipinski definition) is 1. The second-order valence-electron chi connectivity index (χ2n) is 3.31. The Morgan fingerprint density at radius 3 is 2.50 bits per heavy atom. The van der Waals surface area contributed by atoms with Gasteiger partial charge in [0.15, 0.2) is 5.69 Å². The van der Waals surface area contributed by atoms with E-state index in [0.29, 0.717) is 9.21 Å². The van der Waals surface area contributed by atoms with Crippen molar-refractivity contribution in [3.63, 3.8) is 0 Å². The molecule has 0 aliphatic heterocycles. The van der Waals surface area contributed by atoms with Gasteiger partial charge < -0.3 is 5.32 Å². The summed E-state index contributed by atoms with van der Waals surface area (Å²) in [4.78, 5) is 7.92. The van der Waals surface area contributed by atoms with Crippen LogP contribution in [-0.4, -0.2) is 17.0 Å². The summed E-state index contributed by atoms with van der Waals surface area (Å²) in [6.07, 6.45) is -4.51. The van der Waals surface area contributed by atoms with Crippen LogP contribution in [0.2, 0.25) is 4.34 Å². The maximum absolute atomic E-state index is 12.7. The average molecular weight is 294 g/mol. The van der Waals surface area contributed by atoms with Gasteiger partial charge >= 0.3 is 6.18 Å². The lowest BCUT2D eigenvalue weighted by Crippen LogP contribution is -2.11. The molecule has 0 saturated carbocycles. The Bertz CT molecular complexity index is 568. The summed E-state index contributed by atoms with van der Waals surface area (Å²) in [5.74, 6) is -0.0793. The highest BCUT2D eigenvalue weighted by atomic mass is 35.5. The third kappa shape index (κ3) is 2.73. The average Bonchev–Trinajstić information content (AvgIpc) is 2.74. The van der Waals surface area contributed by atoms with Gasteiger partial charge in [-0.3, -0.25) is 0 Å². The van der Waals surface area contributed by atoms with Crippen LogP contribution in [0.15, 0.2) is 18.2 Å². The highest BCUT2D eigenvalue weighted by Crippen LogP contribution is 2.34. The quantitative estimate of drug-likeness (QED) is 0.912. The molecule has 0 unspecified atom stereocenters. The number of rotatable bonds is 2. The lowest BCUT2D eigenvalue weighted by molar-refractivity contribution is -0.141. The van der Waals surface area contributed by atoms with E-state index in [-0.39, 0.29) is 11.6 Å². The number of anilines is 1. The molecule has 2 aromatic rings. The molecule has 8 heteroatoms. The van der Waals surface area contributed by atoms with E-state index in [9.17, 15) is 13.2 Å². The van der Waals surface area contributed by atoms with E-state index < -0.39 is 11.9 Å². The number of thiophene rings is 1. The van der Waals surface area contributed by atoms with Gasteiger partial charge in [0.05, 0.1) is 14.9 Å². The van der Waals surface area contributed by atoms with Crippen molar-refractivity contribution in [2.75, 3.05) is 12.4 Å². The summed E-state index contributed by atoms with van der Waals surface area (Å²) < 4.78 is 38.5. The van der Waals surface area contributed by atoms with Crippen molar-refractivity contribution in [2.24, 2.45) is 0 Å². The summed E-state index contributed by atoms with van der Waals surface area (Å²) in [6, 6.07) is 4.13. The number of nitrogens with one attached hydrogen (secondary N) is 1. The highest BCUT2D eigenvalue weighted by Gasteiger charge is 2.33. The summed E-state index contributed by atoms with van der Waals surface area (Å²) >= 11 is 6.91. The Morgan fingerprint density at radius 1 is 1.28 bits per heavy atom. The molecule has 0 spiro atoms. The SMILES string of the molecule is CNc1nc(-c2ccc(Cl)s2)cc(C(F)(F)F)n1. The van der Waals surface area contributed by atoms with Crippen molar-refractivity contribution >= 4 is 28.9 Å². The van der Waals surface area contributed by atoms with Gasteiger partial charge in [-0.2, -0.15) is 13.2 Å². The number of halogens is 4. The van der Waals surface area contributed by atoms with Crippen LogP contribution in [-0.2, 0) is 6.18 Å². The van der Waals surface area contributed by atoms with E-state index >= 15 is 0 Å². The van der Waals surface area contributed by atoms with Gasteiger partial charge in [-0.1, -0.05) is 11.6 Å². The fourth-order valence-corrected chi connectivity index (χ4v) is 2.29. The number of aromatic nitrogens is 2. The first-order valence-electron chi connectivity index (χ1n) is 4.80. The third-order valence-electron chi connectivity index (χ3n) is 2.07. The minimum Gasteiger partial charge on any atom is -0.357 e. The molecule has 18 heavy (non-hydrogen) atoms. The number of alkyl halides is 3. The van der Waals surface area contributed by atoms with Crippen LogP contribution in [0.5, 0.6) is 0 Å². The van der Waals surface area contributed by atoms with Crippen molar-refractivity contribution in [2.45, 2.75) is 6.18 Å². The Labute approximate surface area is 110 Å². The van der Waals surface area contributed by atoms with E-state index in [4.69, 9.17) is 11.6 Å². The zero-order valence-electron chi connectivity index (χ0n) is 9.05. The fraction of sp³-hybridized carbons (Fsp3) is 0.200. The number of nitrogens with zero attached hydrogens (tertiary/aromatic N) is 2. The zero-order chi connectivity index (χ0) is 13.3. The third-order valence-corrected chi connectivity index (χ3v) is 3.32. The van der Waals surface area contributed by atoms with Crippen molar-refractivity contribution < 1.29 is 13.2 Å². The molecule has 0 aliphatic rings. The molecule has 0 bridgehead atoms. The molecule has 2 rings (SSSR count). The molecule has 3 nitrogen and oxygen atoms in total. The highest BCUT2D eigenvalue weighted by molar-refractivity contribution is 7.19. The van der Waals surface area contributed by atoms with Gasteiger partial charge in [-0.05, 0) is 18.2 Å². The predicted molar refractivity (Wildman–Crippen MR) is 64.9 cm³/mol. The molecule has 0 atom stereocenters. The van der Waals surface area contributed by atoms with Crippen molar-refractivity contribution in [3.05, 3.63) is 28.2 Å². The first kappa shape index (κ1) is 13.1. The maximum Gasteiger partial charge on any atom is 0.433 e. The molecule has 0 amide bonds. The molecule has 0 radical (unpaired) electrons. The summed E-state index contributed by atoms with van der Waals surface area (Å²) in [7, 11) is 1.46. The fourth-order valence-electron chi connectivity index (χ4n) is 1.28. The molecular formula is C10H7ClF3N3S. The van der Waals surface area contributed by atoms with E-state index in [1.165, 1.54) is 7.05 Å². The molecule has 96 valence electrons. The normalized spacial score (nSPS) is 11.6. The molecule has 0 aliphatic carbocycles. The molecule has 0 aromatic carbocycles. The van der Waals surface area contributed by atoms with Crippen molar-refractivity contribution in [1.29, 1.82) is 0 Å². The largest absolute Gasteiger partial charge is 0.433 e. The van der Waals surface area contributed by atoms with Crippen LogP contribution in [0.1, 0.15) is 5.69 Å². The minimum absolute atomic E-state index is 0.0793. The topological polar surface area (TPSA) is 37.8 Å². The maximum atomic E-state index is 12.7. The van der Waals surface area contributed by atoms with Gasteiger partial charge in [-0.25, -0.2) is 9.97 Å². The molecule has 1 N–H and O–H groups in total. The first-order valence-corrected chi connectivity index (χ1v) is 5.99. The molecule has 0 fully saturated rings. The van der Waals surface area contributed by atoms with Crippen molar-refractivity contribution in [1.82, 2.24) is 9.97 Å². The summed E-state index contributed by atoms with van der Waals surface area (Å²) in [5, 5.41) is 2.51. The van der Waals surface area contributed by atoms with Crippen LogP contribution in [0.3, 0.4) is 0 Å². The van der Waals surface area contributed by atoms with Gasteiger partial charge in [0.2, 0.25) is 5.95 Å². The molecule has 0 saturated heterocycles. The van der Waals surface area contributed by atoms with Gasteiger partial charge in [0, 0.05) is 7.05 Å². The van der Waals surface area contributed by atoms with Crippen LogP contribution < -0.4 is 5.32 Å². The Balaban J connectivity index is 2.54. The van der Waals surface area contributed by atoms with Crippen LogP contribution >= 0.6 is 22.9 Å². The van der Waals surface area contributed by atoms with Gasteiger partial charge in [-0.15, -0.1) is 11.3 Å². The lowest BCUT2D eigenvalue weighted by atomic mass is 10.3. The summed E-state index contributed by atoms with van der Waals surface area (Å²) in [5.41, 5.74) is -0.792. The van der Waals surface area contributed by atoms with Gasteiger partial charge in [0.1, 0.15) is 0 Å².